The molecule has 2 heterocycles. The number of rotatable bonds is 5. The SMILES string of the molecule is CC(C)C[C@H]1COCCN1C(=O)NC1CCN(S(=O)(=O)C(C)C)CC1. The average Bonchev–Trinajstić information content (AvgIpc) is 2.55. The second-order valence-corrected chi connectivity index (χ2v) is 10.3. The lowest BCUT2D eigenvalue weighted by atomic mass is 10.0. The van der Waals surface area contributed by atoms with Crippen molar-refractivity contribution in [3.05, 3.63) is 0 Å². The van der Waals surface area contributed by atoms with Crippen LogP contribution in [0.4, 0.5) is 4.79 Å². The molecule has 0 bridgehead atoms. The van der Waals surface area contributed by atoms with Crippen molar-refractivity contribution in [1.29, 1.82) is 0 Å². The van der Waals surface area contributed by atoms with E-state index in [-0.39, 0.29) is 18.1 Å². The van der Waals surface area contributed by atoms with Gasteiger partial charge in [0.15, 0.2) is 0 Å². The van der Waals surface area contributed by atoms with Crippen LogP contribution in [0.3, 0.4) is 0 Å². The first-order chi connectivity index (χ1) is 11.7. The molecule has 1 N–H and O–H groups in total. The molecule has 8 heteroatoms. The highest BCUT2D eigenvalue weighted by Gasteiger charge is 2.33. The van der Waals surface area contributed by atoms with Gasteiger partial charge in [0.1, 0.15) is 0 Å². The maximum atomic E-state index is 12.7. The van der Waals surface area contributed by atoms with Crippen molar-refractivity contribution in [3.63, 3.8) is 0 Å². The highest BCUT2D eigenvalue weighted by Crippen LogP contribution is 2.19. The van der Waals surface area contributed by atoms with Crippen molar-refractivity contribution >= 4 is 16.1 Å². The molecule has 2 fully saturated rings. The third-order valence-electron chi connectivity index (χ3n) is 4.97. The number of amides is 2. The Kier molecular flexibility index (Phi) is 7.10. The first-order valence-electron chi connectivity index (χ1n) is 9.35. The summed E-state index contributed by atoms with van der Waals surface area (Å²) in [5.41, 5.74) is 0. The van der Waals surface area contributed by atoms with Gasteiger partial charge in [-0.3, -0.25) is 0 Å². The molecular formula is C17H33N3O4S. The molecule has 0 spiro atoms. The molecule has 2 rings (SSSR count). The minimum absolute atomic E-state index is 0.0358. The van der Waals surface area contributed by atoms with Gasteiger partial charge in [-0.15, -0.1) is 0 Å². The Morgan fingerprint density at radius 1 is 1.16 bits per heavy atom. The monoisotopic (exact) mass is 375 g/mol. The summed E-state index contributed by atoms with van der Waals surface area (Å²) in [4.78, 5) is 14.6. The van der Waals surface area contributed by atoms with Crippen LogP contribution < -0.4 is 5.32 Å². The Morgan fingerprint density at radius 3 is 2.36 bits per heavy atom. The molecule has 0 aromatic heterocycles. The number of hydrogen-bond donors (Lipinski definition) is 1. The number of carbonyl (C=O) groups is 1. The van der Waals surface area contributed by atoms with Gasteiger partial charge in [0.2, 0.25) is 10.0 Å². The molecule has 1 atom stereocenters. The number of carbonyl (C=O) groups excluding carboxylic acids is 1. The normalized spacial score (nSPS) is 24.1. The van der Waals surface area contributed by atoms with Crippen LogP contribution in [0, 0.1) is 5.92 Å². The predicted molar refractivity (Wildman–Crippen MR) is 98.0 cm³/mol. The quantitative estimate of drug-likeness (QED) is 0.792. The van der Waals surface area contributed by atoms with E-state index in [1.165, 1.54) is 0 Å². The summed E-state index contributed by atoms with van der Waals surface area (Å²) in [5.74, 6) is 0.506. The lowest BCUT2D eigenvalue weighted by Gasteiger charge is -2.38. The van der Waals surface area contributed by atoms with Crippen LogP contribution >= 0.6 is 0 Å². The molecule has 2 amide bonds. The molecule has 2 aliphatic rings. The van der Waals surface area contributed by atoms with Crippen LogP contribution in [-0.4, -0.2) is 73.8 Å². The molecule has 2 saturated heterocycles. The first-order valence-corrected chi connectivity index (χ1v) is 10.9. The third-order valence-corrected chi connectivity index (χ3v) is 7.25. The molecule has 0 saturated carbocycles. The third kappa shape index (κ3) is 5.31. The van der Waals surface area contributed by atoms with Gasteiger partial charge in [0, 0.05) is 25.7 Å². The maximum absolute atomic E-state index is 12.7. The van der Waals surface area contributed by atoms with E-state index in [4.69, 9.17) is 4.74 Å². The summed E-state index contributed by atoms with van der Waals surface area (Å²) in [6.45, 7) is 10.4. The smallest absolute Gasteiger partial charge is 0.318 e. The van der Waals surface area contributed by atoms with E-state index in [9.17, 15) is 13.2 Å². The zero-order valence-electron chi connectivity index (χ0n) is 15.9. The number of nitrogens with one attached hydrogen (secondary N) is 1. The molecule has 0 radical (unpaired) electrons. The van der Waals surface area contributed by atoms with E-state index < -0.39 is 15.3 Å². The summed E-state index contributed by atoms with van der Waals surface area (Å²) in [6.07, 6.45) is 2.26. The largest absolute Gasteiger partial charge is 0.377 e. The highest BCUT2D eigenvalue weighted by molar-refractivity contribution is 7.89. The minimum atomic E-state index is -3.20. The van der Waals surface area contributed by atoms with Crippen molar-refractivity contribution in [2.24, 2.45) is 5.92 Å². The van der Waals surface area contributed by atoms with E-state index in [1.54, 1.807) is 18.2 Å². The van der Waals surface area contributed by atoms with Gasteiger partial charge in [-0.1, -0.05) is 13.8 Å². The molecule has 0 unspecified atom stereocenters. The number of piperidine rings is 1. The van der Waals surface area contributed by atoms with E-state index in [0.717, 1.165) is 6.42 Å². The minimum Gasteiger partial charge on any atom is -0.377 e. The average molecular weight is 376 g/mol. The summed E-state index contributed by atoms with van der Waals surface area (Å²) in [7, 11) is -3.20. The van der Waals surface area contributed by atoms with Crippen LogP contribution in [0.2, 0.25) is 0 Å². The van der Waals surface area contributed by atoms with E-state index in [1.807, 2.05) is 4.90 Å². The van der Waals surface area contributed by atoms with E-state index in [2.05, 4.69) is 19.2 Å². The lowest BCUT2D eigenvalue weighted by molar-refractivity contribution is 0.00469. The van der Waals surface area contributed by atoms with Crippen molar-refractivity contribution in [2.75, 3.05) is 32.8 Å². The van der Waals surface area contributed by atoms with Gasteiger partial charge in [-0.2, -0.15) is 0 Å². The standard InChI is InChI=1S/C17H33N3O4S/c1-13(2)11-16-12-24-10-9-20(16)17(21)18-15-5-7-19(8-6-15)25(22,23)14(3)4/h13-16H,5-12H2,1-4H3,(H,18,21)/t16-/m0/s1. The number of hydrogen-bond acceptors (Lipinski definition) is 4. The predicted octanol–water partition coefficient (Wildman–Crippen LogP) is 1.65. The van der Waals surface area contributed by atoms with Gasteiger partial charge in [-0.25, -0.2) is 17.5 Å². The number of ether oxygens (including phenoxy) is 1. The molecule has 0 aliphatic carbocycles. The Bertz CT molecular complexity index is 542. The van der Waals surface area contributed by atoms with E-state index in [0.29, 0.717) is 51.6 Å². The van der Waals surface area contributed by atoms with Crippen molar-refractivity contribution < 1.29 is 17.9 Å². The Labute approximate surface area is 152 Å². The molecular weight excluding hydrogens is 342 g/mol. The fourth-order valence-electron chi connectivity index (χ4n) is 3.47. The second kappa shape index (κ2) is 8.68. The fourth-order valence-corrected chi connectivity index (χ4v) is 4.79. The zero-order valence-corrected chi connectivity index (χ0v) is 16.7. The zero-order chi connectivity index (χ0) is 18.6. The number of morpholine rings is 1. The molecule has 2 aliphatic heterocycles. The molecule has 25 heavy (non-hydrogen) atoms. The second-order valence-electron chi connectivity index (χ2n) is 7.77. The van der Waals surface area contributed by atoms with Gasteiger partial charge in [-0.05, 0) is 39.0 Å². The van der Waals surface area contributed by atoms with Crippen LogP contribution in [0.15, 0.2) is 0 Å². The van der Waals surface area contributed by atoms with Crippen LogP contribution in [0.25, 0.3) is 0 Å². The van der Waals surface area contributed by atoms with Crippen LogP contribution in [-0.2, 0) is 14.8 Å². The van der Waals surface area contributed by atoms with Crippen LogP contribution in [0.5, 0.6) is 0 Å². The van der Waals surface area contributed by atoms with Gasteiger partial charge in [0.25, 0.3) is 0 Å². The summed E-state index contributed by atoms with van der Waals surface area (Å²) in [5, 5.41) is 2.70. The number of sulfonamides is 1. The van der Waals surface area contributed by atoms with Crippen molar-refractivity contribution in [2.45, 2.75) is 64.3 Å². The Balaban J connectivity index is 1.87. The highest BCUT2D eigenvalue weighted by atomic mass is 32.2. The Hall–Kier alpha value is -0.860. The Morgan fingerprint density at radius 2 is 1.80 bits per heavy atom. The maximum Gasteiger partial charge on any atom is 0.318 e. The summed E-state index contributed by atoms with van der Waals surface area (Å²) in [6, 6.07) is 0.114. The molecule has 0 aromatic carbocycles. The molecule has 0 aromatic rings. The number of urea groups is 1. The lowest BCUT2D eigenvalue weighted by Crippen LogP contribution is -2.56. The molecule has 7 nitrogen and oxygen atoms in total. The van der Waals surface area contributed by atoms with Gasteiger partial charge in [0.05, 0.1) is 24.5 Å². The first kappa shape index (κ1) is 20.5. The summed E-state index contributed by atoms with van der Waals surface area (Å²) < 4.78 is 31.5. The van der Waals surface area contributed by atoms with Crippen molar-refractivity contribution in [1.82, 2.24) is 14.5 Å². The van der Waals surface area contributed by atoms with Gasteiger partial charge >= 0.3 is 6.03 Å². The van der Waals surface area contributed by atoms with Crippen LogP contribution in [0.1, 0.15) is 47.0 Å². The summed E-state index contributed by atoms with van der Waals surface area (Å²) >= 11 is 0. The van der Waals surface area contributed by atoms with E-state index >= 15 is 0 Å². The number of nitrogens with zero attached hydrogens (tertiary/aromatic N) is 2. The van der Waals surface area contributed by atoms with Gasteiger partial charge < -0.3 is 15.0 Å². The van der Waals surface area contributed by atoms with Crippen molar-refractivity contribution in [3.8, 4) is 0 Å². The fraction of sp³-hybridized carbons (Fsp3) is 0.941. The topological polar surface area (TPSA) is 79.0 Å². The molecule has 146 valence electrons.